The van der Waals surface area contributed by atoms with Gasteiger partial charge in [-0.2, -0.15) is 0 Å². The van der Waals surface area contributed by atoms with Gasteiger partial charge in [0.1, 0.15) is 0 Å². The van der Waals surface area contributed by atoms with E-state index in [0.29, 0.717) is 12.6 Å². The predicted molar refractivity (Wildman–Crippen MR) is 42.5 cm³/mol. The van der Waals surface area contributed by atoms with Crippen LogP contribution in [0.4, 0.5) is 0 Å². The summed E-state index contributed by atoms with van der Waals surface area (Å²) in [7, 11) is 1.61. The lowest BCUT2D eigenvalue weighted by Gasteiger charge is -2.03. The molecule has 0 spiro atoms. The summed E-state index contributed by atoms with van der Waals surface area (Å²) in [5, 5.41) is 0. The highest BCUT2D eigenvalue weighted by Gasteiger charge is 1.99. The second kappa shape index (κ2) is 3.98. The van der Waals surface area contributed by atoms with Gasteiger partial charge in [-0.15, -0.1) is 0 Å². The minimum atomic E-state index is 0.651. The third-order valence-electron chi connectivity index (χ3n) is 1.46. The Morgan fingerprint density at radius 1 is 1.73 bits per heavy atom. The van der Waals surface area contributed by atoms with E-state index in [4.69, 9.17) is 10.5 Å². The van der Waals surface area contributed by atoms with Gasteiger partial charge >= 0.3 is 0 Å². The molecular weight excluding hydrogens is 142 g/mol. The summed E-state index contributed by atoms with van der Waals surface area (Å²) in [4.78, 5) is 3.99. The zero-order valence-electron chi connectivity index (χ0n) is 6.66. The summed E-state index contributed by atoms with van der Waals surface area (Å²) in [6, 6.07) is 0.651. The zero-order valence-corrected chi connectivity index (χ0v) is 6.66. The van der Waals surface area contributed by atoms with Gasteiger partial charge < -0.3 is 15.0 Å². The van der Waals surface area contributed by atoms with Crippen LogP contribution in [0.25, 0.3) is 0 Å². The van der Waals surface area contributed by atoms with Crippen LogP contribution in [-0.4, -0.2) is 23.2 Å². The van der Waals surface area contributed by atoms with Crippen LogP contribution in [0.1, 0.15) is 6.42 Å². The molecule has 0 bridgehead atoms. The van der Waals surface area contributed by atoms with Gasteiger partial charge in [0.2, 0.25) is 0 Å². The zero-order chi connectivity index (χ0) is 8.10. The van der Waals surface area contributed by atoms with E-state index in [0.717, 1.165) is 13.0 Å². The number of imidazole rings is 1. The average molecular weight is 155 g/mol. The Morgan fingerprint density at radius 3 is 3.18 bits per heavy atom. The number of hydrogen-bond acceptors (Lipinski definition) is 3. The molecule has 4 nitrogen and oxygen atoms in total. The standard InChI is InChI=1S/C7H13N3O/c1-11-7-9-4-6-10(7)5-2-3-8/h4,6H,2-3,5,8H2,1H3. The van der Waals surface area contributed by atoms with E-state index in [1.807, 2.05) is 10.8 Å². The van der Waals surface area contributed by atoms with Crippen LogP contribution in [0.3, 0.4) is 0 Å². The molecule has 0 aliphatic carbocycles. The van der Waals surface area contributed by atoms with Crippen molar-refractivity contribution in [2.24, 2.45) is 5.73 Å². The minimum absolute atomic E-state index is 0.651. The van der Waals surface area contributed by atoms with Crippen molar-refractivity contribution < 1.29 is 4.74 Å². The Labute approximate surface area is 66.0 Å². The summed E-state index contributed by atoms with van der Waals surface area (Å²) < 4.78 is 6.93. The van der Waals surface area contributed by atoms with E-state index in [9.17, 15) is 0 Å². The molecule has 0 aliphatic heterocycles. The van der Waals surface area contributed by atoms with E-state index in [-0.39, 0.29) is 0 Å². The van der Waals surface area contributed by atoms with Gasteiger partial charge in [-0.05, 0) is 13.0 Å². The maximum absolute atomic E-state index is 5.36. The largest absolute Gasteiger partial charge is 0.468 e. The Kier molecular flexibility index (Phi) is 2.92. The van der Waals surface area contributed by atoms with Gasteiger partial charge in [-0.25, -0.2) is 4.98 Å². The van der Waals surface area contributed by atoms with Gasteiger partial charge in [0, 0.05) is 18.9 Å². The predicted octanol–water partition coefficient (Wildman–Crippen LogP) is 0.241. The summed E-state index contributed by atoms with van der Waals surface area (Å²) in [5.41, 5.74) is 5.36. The first-order valence-corrected chi connectivity index (χ1v) is 3.63. The third-order valence-corrected chi connectivity index (χ3v) is 1.46. The summed E-state index contributed by atoms with van der Waals surface area (Å²) in [6.45, 7) is 1.57. The van der Waals surface area contributed by atoms with Crippen molar-refractivity contribution in [2.75, 3.05) is 13.7 Å². The fraction of sp³-hybridized carbons (Fsp3) is 0.571. The van der Waals surface area contributed by atoms with E-state index in [2.05, 4.69) is 4.98 Å². The number of nitrogens with zero attached hydrogens (tertiary/aromatic N) is 2. The highest BCUT2D eigenvalue weighted by molar-refractivity contribution is 4.97. The lowest BCUT2D eigenvalue weighted by molar-refractivity contribution is 0.355. The molecule has 0 saturated heterocycles. The van der Waals surface area contributed by atoms with Gasteiger partial charge in [0.25, 0.3) is 6.01 Å². The number of ether oxygens (including phenoxy) is 1. The van der Waals surface area contributed by atoms with Crippen LogP contribution in [0.2, 0.25) is 0 Å². The molecule has 0 unspecified atom stereocenters. The van der Waals surface area contributed by atoms with Crippen molar-refractivity contribution in [3.8, 4) is 6.01 Å². The number of nitrogens with two attached hydrogens (primary N) is 1. The quantitative estimate of drug-likeness (QED) is 0.677. The number of hydrogen-bond donors (Lipinski definition) is 1. The number of aryl methyl sites for hydroxylation is 1. The van der Waals surface area contributed by atoms with Gasteiger partial charge in [-0.1, -0.05) is 0 Å². The number of aromatic nitrogens is 2. The lowest BCUT2D eigenvalue weighted by atomic mass is 10.4. The molecule has 11 heavy (non-hydrogen) atoms. The summed E-state index contributed by atoms with van der Waals surface area (Å²) in [5.74, 6) is 0. The summed E-state index contributed by atoms with van der Waals surface area (Å²) in [6.07, 6.45) is 4.55. The molecule has 1 aromatic rings. The fourth-order valence-electron chi connectivity index (χ4n) is 0.917. The average Bonchev–Trinajstić information content (AvgIpc) is 2.47. The second-order valence-corrected chi connectivity index (χ2v) is 2.25. The van der Waals surface area contributed by atoms with Crippen LogP contribution < -0.4 is 10.5 Å². The molecular formula is C7H13N3O. The summed E-state index contributed by atoms with van der Waals surface area (Å²) >= 11 is 0. The molecule has 0 saturated carbocycles. The maximum atomic E-state index is 5.36. The molecule has 4 heteroatoms. The van der Waals surface area contributed by atoms with Crippen LogP contribution in [0.15, 0.2) is 12.4 Å². The Bertz CT molecular complexity index is 209. The topological polar surface area (TPSA) is 53.1 Å². The van der Waals surface area contributed by atoms with Crippen LogP contribution in [-0.2, 0) is 6.54 Å². The highest BCUT2D eigenvalue weighted by atomic mass is 16.5. The fourth-order valence-corrected chi connectivity index (χ4v) is 0.917. The SMILES string of the molecule is COc1nccn1CCCN. The highest BCUT2D eigenvalue weighted by Crippen LogP contribution is 2.06. The molecule has 1 heterocycles. The molecule has 2 N–H and O–H groups in total. The minimum Gasteiger partial charge on any atom is -0.468 e. The van der Waals surface area contributed by atoms with Crippen LogP contribution in [0, 0.1) is 0 Å². The molecule has 0 aliphatic rings. The monoisotopic (exact) mass is 155 g/mol. The first kappa shape index (κ1) is 8.07. The van der Waals surface area contributed by atoms with Crippen molar-refractivity contribution in [3.05, 3.63) is 12.4 Å². The van der Waals surface area contributed by atoms with Crippen molar-refractivity contribution >= 4 is 0 Å². The normalized spacial score (nSPS) is 10.0. The van der Waals surface area contributed by atoms with Crippen molar-refractivity contribution in [3.63, 3.8) is 0 Å². The Hall–Kier alpha value is -1.03. The molecule has 62 valence electrons. The molecule has 0 fully saturated rings. The molecule has 1 aromatic heterocycles. The lowest BCUT2D eigenvalue weighted by Crippen LogP contribution is -2.06. The van der Waals surface area contributed by atoms with Crippen molar-refractivity contribution in [1.82, 2.24) is 9.55 Å². The van der Waals surface area contributed by atoms with Gasteiger partial charge in [0.15, 0.2) is 0 Å². The van der Waals surface area contributed by atoms with Crippen molar-refractivity contribution in [1.29, 1.82) is 0 Å². The van der Waals surface area contributed by atoms with Gasteiger partial charge in [-0.3, -0.25) is 0 Å². The molecule has 1 rings (SSSR count). The van der Waals surface area contributed by atoms with E-state index < -0.39 is 0 Å². The number of rotatable bonds is 4. The second-order valence-electron chi connectivity index (χ2n) is 2.25. The van der Waals surface area contributed by atoms with Crippen molar-refractivity contribution in [2.45, 2.75) is 13.0 Å². The Balaban J connectivity index is 2.54. The molecule has 0 atom stereocenters. The Morgan fingerprint density at radius 2 is 2.55 bits per heavy atom. The van der Waals surface area contributed by atoms with E-state index in [1.54, 1.807) is 13.3 Å². The van der Waals surface area contributed by atoms with Crippen LogP contribution >= 0.6 is 0 Å². The van der Waals surface area contributed by atoms with E-state index in [1.165, 1.54) is 0 Å². The van der Waals surface area contributed by atoms with E-state index >= 15 is 0 Å². The molecule has 0 aromatic carbocycles. The smallest absolute Gasteiger partial charge is 0.295 e. The maximum Gasteiger partial charge on any atom is 0.295 e. The first-order valence-electron chi connectivity index (χ1n) is 3.63. The van der Waals surface area contributed by atoms with Crippen LogP contribution in [0.5, 0.6) is 6.01 Å². The number of methoxy groups -OCH3 is 1. The molecule has 0 amide bonds. The third kappa shape index (κ3) is 1.94. The van der Waals surface area contributed by atoms with Gasteiger partial charge in [0.05, 0.1) is 7.11 Å². The molecule has 0 radical (unpaired) electrons. The first-order chi connectivity index (χ1) is 5.38.